The number of anilines is 1. The first-order valence-electron chi connectivity index (χ1n) is 7.50. The van der Waals surface area contributed by atoms with Crippen LogP contribution < -0.4 is 11.1 Å². The number of halogens is 1. The third-order valence-corrected chi connectivity index (χ3v) is 4.27. The van der Waals surface area contributed by atoms with Gasteiger partial charge in [-0.05, 0) is 25.0 Å². The molecule has 1 heterocycles. The first kappa shape index (κ1) is 16.0. The fraction of sp³-hybridized carbons (Fsp3) is 0.312. The van der Waals surface area contributed by atoms with E-state index in [2.05, 4.69) is 10.5 Å². The molecule has 3 rings (SSSR count). The first-order valence-corrected chi connectivity index (χ1v) is 7.50. The van der Waals surface area contributed by atoms with E-state index < -0.39 is 5.82 Å². The molecule has 0 saturated heterocycles. The number of rotatable bonds is 4. The zero-order valence-electron chi connectivity index (χ0n) is 13.0. The monoisotopic (exact) mass is 332 g/mol. The van der Waals surface area contributed by atoms with Gasteiger partial charge in [-0.2, -0.15) is 0 Å². The number of nitrogens with two attached hydrogens (primary N) is 1. The van der Waals surface area contributed by atoms with E-state index >= 15 is 0 Å². The maximum atomic E-state index is 13.7. The van der Waals surface area contributed by atoms with Crippen LogP contribution in [0.25, 0.3) is 11.3 Å². The van der Waals surface area contributed by atoms with Crippen LogP contribution in [0.1, 0.15) is 12.8 Å². The van der Waals surface area contributed by atoms with Crippen LogP contribution in [0.5, 0.6) is 0 Å². The van der Waals surface area contributed by atoms with E-state index in [4.69, 9.17) is 10.3 Å². The van der Waals surface area contributed by atoms with Crippen molar-refractivity contribution in [2.24, 2.45) is 11.7 Å². The number of nitrogens with one attached hydrogen (secondary N) is 1. The molecular weight excluding hydrogens is 315 g/mol. The molecule has 2 aromatic rings. The number of amides is 3. The summed E-state index contributed by atoms with van der Waals surface area (Å²) >= 11 is 0. The summed E-state index contributed by atoms with van der Waals surface area (Å²) in [4.78, 5) is 24.7. The lowest BCUT2D eigenvalue weighted by molar-refractivity contribution is -0.125. The summed E-state index contributed by atoms with van der Waals surface area (Å²) in [6.07, 6.45) is 1.11. The van der Waals surface area contributed by atoms with Crippen molar-refractivity contribution in [1.29, 1.82) is 0 Å². The lowest BCUT2D eigenvalue weighted by Gasteiger charge is -2.39. The van der Waals surface area contributed by atoms with Gasteiger partial charge in [0.25, 0.3) is 0 Å². The highest BCUT2D eigenvalue weighted by Crippen LogP contribution is 2.31. The van der Waals surface area contributed by atoms with Gasteiger partial charge in [-0.25, -0.2) is 9.18 Å². The number of aromatic nitrogens is 1. The van der Waals surface area contributed by atoms with Crippen LogP contribution in [-0.4, -0.2) is 35.1 Å². The highest BCUT2D eigenvalue weighted by Gasteiger charge is 2.37. The highest BCUT2D eigenvalue weighted by atomic mass is 19.1. The summed E-state index contributed by atoms with van der Waals surface area (Å²) in [6.45, 7) is 0. The predicted octanol–water partition coefficient (Wildman–Crippen LogP) is 2.21. The van der Waals surface area contributed by atoms with Gasteiger partial charge < -0.3 is 15.2 Å². The van der Waals surface area contributed by atoms with Gasteiger partial charge in [0.05, 0.1) is 5.56 Å². The molecule has 0 unspecified atom stereocenters. The Morgan fingerprint density at radius 3 is 2.75 bits per heavy atom. The van der Waals surface area contributed by atoms with Crippen molar-refractivity contribution in [1.82, 2.24) is 10.1 Å². The molecule has 1 saturated carbocycles. The average molecular weight is 332 g/mol. The van der Waals surface area contributed by atoms with Crippen LogP contribution in [0.4, 0.5) is 15.0 Å². The lowest BCUT2D eigenvalue weighted by Crippen LogP contribution is -2.50. The van der Waals surface area contributed by atoms with Crippen LogP contribution >= 0.6 is 0 Å². The molecule has 1 fully saturated rings. The highest BCUT2D eigenvalue weighted by molar-refractivity contribution is 5.89. The second kappa shape index (κ2) is 6.31. The quantitative estimate of drug-likeness (QED) is 0.896. The van der Waals surface area contributed by atoms with Crippen molar-refractivity contribution in [3.05, 3.63) is 36.1 Å². The molecule has 24 heavy (non-hydrogen) atoms. The summed E-state index contributed by atoms with van der Waals surface area (Å²) in [6, 6.07) is 7.17. The molecule has 126 valence electrons. The van der Waals surface area contributed by atoms with E-state index in [1.807, 2.05) is 0 Å². The summed E-state index contributed by atoms with van der Waals surface area (Å²) in [5.74, 6) is -0.536. The summed E-state index contributed by atoms with van der Waals surface area (Å²) < 4.78 is 18.8. The van der Waals surface area contributed by atoms with Gasteiger partial charge in [-0.1, -0.05) is 17.3 Å². The molecule has 0 atom stereocenters. The van der Waals surface area contributed by atoms with Crippen LogP contribution in [-0.2, 0) is 4.79 Å². The van der Waals surface area contributed by atoms with Crippen LogP contribution in [0.3, 0.4) is 0 Å². The van der Waals surface area contributed by atoms with Gasteiger partial charge in [0.15, 0.2) is 11.6 Å². The topological polar surface area (TPSA) is 101 Å². The Morgan fingerprint density at radius 1 is 1.38 bits per heavy atom. The minimum absolute atomic E-state index is 0.0413. The van der Waals surface area contributed by atoms with Gasteiger partial charge >= 0.3 is 6.03 Å². The molecule has 1 aliphatic carbocycles. The average Bonchev–Trinajstić information content (AvgIpc) is 2.93. The minimum Gasteiger partial charge on any atom is -0.369 e. The number of primary amides is 1. The second-order valence-electron chi connectivity index (χ2n) is 5.82. The largest absolute Gasteiger partial charge is 0.369 e. The maximum absolute atomic E-state index is 13.7. The van der Waals surface area contributed by atoms with Crippen LogP contribution in [0, 0.1) is 11.7 Å². The molecule has 0 bridgehead atoms. The Balaban J connectivity index is 1.62. The zero-order valence-corrected chi connectivity index (χ0v) is 13.0. The van der Waals surface area contributed by atoms with E-state index in [0.717, 1.165) is 0 Å². The van der Waals surface area contributed by atoms with Gasteiger partial charge in [-0.15, -0.1) is 0 Å². The molecule has 0 aliphatic heterocycles. The van der Waals surface area contributed by atoms with E-state index in [-0.39, 0.29) is 41.0 Å². The minimum atomic E-state index is -0.435. The van der Waals surface area contributed by atoms with Gasteiger partial charge in [0.1, 0.15) is 5.82 Å². The van der Waals surface area contributed by atoms with E-state index in [1.54, 1.807) is 25.2 Å². The van der Waals surface area contributed by atoms with Gasteiger partial charge in [0.2, 0.25) is 5.91 Å². The summed E-state index contributed by atoms with van der Waals surface area (Å²) in [7, 11) is 1.63. The Morgan fingerprint density at radius 2 is 2.08 bits per heavy atom. The van der Waals surface area contributed by atoms with E-state index in [0.29, 0.717) is 12.8 Å². The Hall–Kier alpha value is -2.90. The van der Waals surface area contributed by atoms with Crippen molar-refractivity contribution in [2.75, 3.05) is 12.4 Å². The van der Waals surface area contributed by atoms with Crippen molar-refractivity contribution < 1.29 is 18.5 Å². The fourth-order valence-electron chi connectivity index (χ4n) is 2.62. The third-order valence-electron chi connectivity index (χ3n) is 4.27. The molecule has 1 aliphatic rings. The standard InChI is InChI=1S/C16H17FN4O3/c1-21(10-6-9(7-10)15(18)22)16(23)19-14-8-13(24-20-14)11-4-2-3-5-12(11)17/h2-5,8-10H,6-7H2,1H3,(H2,18,22)(H,19,20,23). The Labute approximate surface area is 137 Å². The van der Waals surface area contributed by atoms with Gasteiger partial charge in [-0.3, -0.25) is 10.1 Å². The number of carbonyl (C=O) groups excluding carboxylic acids is 2. The zero-order chi connectivity index (χ0) is 17.3. The summed E-state index contributed by atoms with van der Waals surface area (Å²) in [5.41, 5.74) is 5.48. The number of urea groups is 1. The smallest absolute Gasteiger partial charge is 0.323 e. The Kier molecular flexibility index (Phi) is 4.20. The van der Waals surface area contributed by atoms with Crippen molar-refractivity contribution in [3.8, 4) is 11.3 Å². The Bertz CT molecular complexity index is 770. The SMILES string of the molecule is CN(C(=O)Nc1cc(-c2ccccc2F)on1)C1CC(C(N)=O)C1. The molecule has 0 spiro atoms. The van der Waals surface area contributed by atoms with Crippen molar-refractivity contribution in [2.45, 2.75) is 18.9 Å². The molecule has 7 nitrogen and oxygen atoms in total. The number of hydrogen-bond donors (Lipinski definition) is 2. The lowest BCUT2D eigenvalue weighted by atomic mass is 9.79. The van der Waals surface area contributed by atoms with Crippen LogP contribution in [0.15, 0.2) is 34.9 Å². The molecule has 1 aromatic heterocycles. The number of carbonyl (C=O) groups is 2. The summed E-state index contributed by atoms with van der Waals surface area (Å²) in [5, 5.41) is 6.32. The molecule has 3 N–H and O–H groups in total. The second-order valence-corrected chi connectivity index (χ2v) is 5.82. The first-order chi connectivity index (χ1) is 11.5. The molecular formula is C16H17FN4O3. The third kappa shape index (κ3) is 3.08. The van der Waals surface area contributed by atoms with Crippen molar-refractivity contribution >= 4 is 17.8 Å². The molecule has 0 radical (unpaired) electrons. The number of hydrogen-bond acceptors (Lipinski definition) is 4. The normalized spacial score (nSPS) is 19.4. The maximum Gasteiger partial charge on any atom is 0.323 e. The van der Waals surface area contributed by atoms with Gasteiger partial charge in [0, 0.05) is 25.1 Å². The molecule has 8 heteroatoms. The van der Waals surface area contributed by atoms with E-state index in [9.17, 15) is 14.0 Å². The number of nitrogens with zero attached hydrogens (tertiary/aromatic N) is 2. The fourth-order valence-corrected chi connectivity index (χ4v) is 2.62. The molecule has 3 amide bonds. The molecule has 1 aromatic carbocycles. The van der Waals surface area contributed by atoms with Crippen LogP contribution in [0.2, 0.25) is 0 Å². The predicted molar refractivity (Wildman–Crippen MR) is 84.4 cm³/mol. The number of benzene rings is 1. The van der Waals surface area contributed by atoms with Crippen molar-refractivity contribution in [3.63, 3.8) is 0 Å². The van der Waals surface area contributed by atoms with E-state index in [1.165, 1.54) is 17.0 Å².